The number of nitrogens with zero attached hydrogens (tertiary/aromatic N) is 1. The van der Waals surface area contributed by atoms with Crippen molar-refractivity contribution in [1.82, 2.24) is 10.3 Å². The molecule has 1 aliphatic carbocycles. The number of hydrogen-bond acceptors (Lipinski definition) is 4. The smallest absolute Gasteiger partial charge is 0.0794 e. The van der Waals surface area contributed by atoms with Gasteiger partial charge in [-0.3, -0.25) is 4.98 Å². The van der Waals surface area contributed by atoms with Crippen LogP contribution in [0.5, 0.6) is 0 Å². The van der Waals surface area contributed by atoms with Crippen molar-refractivity contribution < 1.29 is 5.11 Å². The highest BCUT2D eigenvalue weighted by molar-refractivity contribution is 7.09. The van der Waals surface area contributed by atoms with Crippen LogP contribution < -0.4 is 5.32 Å². The van der Waals surface area contributed by atoms with E-state index in [2.05, 4.69) is 10.3 Å². The molecule has 0 aliphatic heterocycles. The number of aliphatic hydroxyl groups excluding tert-OH is 1. The SMILES string of the molecule is OCC1(CNCc2cncs2)CCCC1. The zero-order chi connectivity index (χ0) is 10.6. The molecule has 2 rings (SSSR count). The van der Waals surface area contributed by atoms with Crippen LogP contribution in [-0.2, 0) is 6.54 Å². The van der Waals surface area contributed by atoms with Gasteiger partial charge in [0.1, 0.15) is 0 Å². The summed E-state index contributed by atoms with van der Waals surface area (Å²) in [7, 11) is 0. The summed E-state index contributed by atoms with van der Waals surface area (Å²) in [6.07, 6.45) is 6.77. The fourth-order valence-electron chi connectivity index (χ4n) is 2.30. The third-order valence-corrected chi connectivity index (χ3v) is 4.06. The molecule has 2 N–H and O–H groups in total. The first-order valence-electron chi connectivity index (χ1n) is 5.54. The van der Waals surface area contributed by atoms with E-state index in [4.69, 9.17) is 0 Å². The molecular weight excluding hydrogens is 208 g/mol. The Hall–Kier alpha value is -0.450. The lowest BCUT2D eigenvalue weighted by molar-refractivity contribution is 0.128. The molecule has 0 amide bonds. The normalized spacial score (nSPS) is 19.5. The van der Waals surface area contributed by atoms with Crippen LogP contribution >= 0.6 is 11.3 Å². The second kappa shape index (κ2) is 5.05. The van der Waals surface area contributed by atoms with Gasteiger partial charge < -0.3 is 10.4 Å². The largest absolute Gasteiger partial charge is 0.396 e. The monoisotopic (exact) mass is 226 g/mol. The first-order chi connectivity index (χ1) is 7.35. The van der Waals surface area contributed by atoms with E-state index in [0.717, 1.165) is 13.1 Å². The average molecular weight is 226 g/mol. The summed E-state index contributed by atoms with van der Waals surface area (Å²) in [5.74, 6) is 0. The molecule has 1 aromatic heterocycles. The molecule has 1 fully saturated rings. The molecule has 0 unspecified atom stereocenters. The van der Waals surface area contributed by atoms with Crippen molar-refractivity contribution in [3.05, 3.63) is 16.6 Å². The maximum Gasteiger partial charge on any atom is 0.0794 e. The Morgan fingerprint density at radius 3 is 2.87 bits per heavy atom. The van der Waals surface area contributed by atoms with Gasteiger partial charge >= 0.3 is 0 Å². The number of aromatic nitrogens is 1. The van der Waals surface area contributed by atoms with Crippen molar-refractivity contribution in [2.75, 3.05) is 13.2 Å². The Kier molecular flexibility index (Phi) is 3.72. The fourth-order valence-corrected chi connectivity index (χ4v) is 2.86. The van der Waals surface area contributed by atoms with Crippen molar-refractivity contribution >= 4 is 11.3 Å². The molecule has 4 heteroatoms. The fraction of sp³-hybridized carbons (Fsp3) is 0.727. The van der Waals surface area contributed by atoms with E-state index >= 15 is 0 Å². The molecule has 84 valence electrons. The molecule has 0 aromatic carbocycles. The molecule has 1 aromatic rings. The zero-order valence-electron chi connectivity index (χ0n) is 8.91. The van der Waals surface area contributed by atoms with Crippen LogP contribution in [0.2, 0.25) is 0 Å². The van der Waals surface area contributed by atoms with Crippen LogP contribution in [0.25, 0.3) is 0 Å². The molecule has 0 atom stereocenters. The summed E-state index contributed by atoms with van der Waals surface area (Å²) in [4.78, 5) is 5.30. The first kappa shape index (κ1) is 11.0. The molecule has 0 saturated heterocycles. The Morgan fingerprint density at radius 2 is 2.27 bits per heavy atom. The lowest BCUT2D eigenvalue weighted by atomic mass is 9.87. The maximum atomic E-state index is 9.42. The molecule has 0 radical (unpaired) electrons. The number of rotatable bonds is 5. The molecule has 1 saturated carbocycles. The van der Waals surface area contributed by atoms with Gasteiger partial charge in [0.2, 0.25) is 0 Å². The predicted molar refractivity (Wildman–Crippen MR) is 61.8 cm³/mol. The molecule has 3 nitrogen and oxygen atoms in total. The second-order valence-electron chi connectivity index (χ2n) is 4.44. The molecule has 0 bridgehead atoms. The van der Waals surface area contributed by atoms with Crippen molar-refractivity contribution in [3.63, 3.8) is 0 Å². The van der Waals surface area contributed by atoms with Crippen LogP contribution in [0.4, 0.5) is 0 Å². The second-order valence-corrected chi connectivity index (χ2v) is 5.41. The quantitative estimate of drug-likeness (QED) is 0.804. The standard InChI is InChI=1S/C11H18N2OS/c14-8-11(3-1-2-4-11)7-12-5-10-6-13-9-15-10/h6,9,12,14H,1-5,7-8H2. The van der Waals surface area contributed by atoms with Crippen molar-refractivity contribution in [2.24, 2.45) is 5.41 Å². The van der Waals surface area contributed by atoms with Gasteiger partial charge in [0.05, 0.1) is 5.51 Å². The van der Waals surface area contributed by atoms with Crippen LogP contribution in [-0.4, -0.2) is 23.2 Å². The minimum absolute atomic E-state index is 0.157. The predicted octanol–water partition coefficient (Wildman–Crippen LogP) is 1.79. The van der Waals surface area contributed by atoms with Gasteiger partial charge in [0.15, 0.2) is 0 Å². The molecule has 1 heterocycles. The molecular formula is C11H18N2OS. The minimum atomic E-state index is 0.157. The summed E-state index contributed by atoms with van der Waals surface area (Å²) in [5, 5.41) is 12.9. The van der Waals surface area contributed by atoms with Gasteiger partial charge in [-0.1, -0.05) is 12.8 Å². The topological polar surface area (TPSA) is 45.1 Å². The van der Waals surface area contributed by atoms with Crippen LogP contribution in [0, 0.1) is 5.41 Å². The minimum Gasteiger partial charge on any atom is -0.396 e. The van der Waals surface area contributed by atoms with E-state index in [1.54, 1.807) is 11.3 Å². The molecule has 15 heavy (non-hydrogen) atoms. The number of hydrogen-bond donors (Lipinski definition) is 2. The summed E-state index contributed by atoms with van der Waals surface area (Å²) in [6.45, 7) is 2.14. The van der Waals surface area contributed by atoms with Gasteiger partial charge in [-0.25, -0.2) is 0 Å². The Balaban J connectivity index is 1.77. The zero-order valence-corrected chi connectivity index (χ0v) is 9.72. The van der Waals surface area contributed by atoms with E-state index in [1.807, 2.05) is 11.7 Å². The summed E-state index contributed by atoms with van der Waals surface area (Å²) in [6, 6.07) is 0. The Labute approximate surface area is 94.5 Å². The van der Waals surface area contributed by atoms with Crippen molar-refractivity contribution in [1.29, 1.82) is 0 Å². The number of nitrogens with one attached hydrogen (secondary N) is 1. The lowest BCUT2D eigenvalue weighted by Crippen LogP contribution is -2.34. The van der Waals surface area contributed by atoms with Gasteiger partial charge in [0.25, 0.3) is 0 Å². The summed E-state index contributed by atoms with van der Waals surface area (Å²) >= 11 is 1.68. The summed E-state index contributed by atoms with van der Waals surface area (Å²) < 4.78 is 0. The van der Waals surface area contributed by atoms with Crippen LogP contribution in [0.1, 0.15) is 30.6 Å². The van der Waals surface area contributed by atoms with Gasteiger partial charge in [-0.2, -0.15) is 0 Å². The van der Waals surface area contributed by atoms with Crippen molar-refractivity contribution in [3.8, 4) is 0 Å². The molecule has 1 aliphatic rings. The number of thiazole rings is 1. The van der Waals surface area contributed by atoms with E-state index in [1.165, 1.54) is 30.6 Å². The number of aliphatic hydroxyl groups is 1. The van der Waals surface area contributed by atoms with Crippen LogP contribution in [0.3, 0.4) is 0 Å². The highest BCUT2D eigenvalue weighted by Crippen LogP contribution is 2.36. The Bertz CT molecular complexity index is 281. The van der Waals surface area contributed by atoms with E-state index < -0.39 is 0 Å². The van der Waals surface area contributed by atoms with Gasteiger partial charge in [-0.05, 0) is 12.8 Å². The van der Waals surface area contributed by atoms with E-state index in [9.17, 15) is 5.11 Å². The third-order valence-electron chi connectivity index (χ3n) is 3.28. The molecule has 0 spiro atoms. The van der Waals surface area contributed by atoms with Gasteiger partial charge in [0, 0.05) is 36.2 Å². The third kappa shape index (κ3) is 2.77. The highest BCUT2D eigenvalue weighted by atomic mass is 32.1. The van der Waals surface area contributed by atoms with E-state index in [-0.39, 0.29) is 5.41 Å². The first-order valence-corrected chi connectivity index (χ1v) is 6.42. The Morgan fingerprint density at radius 1 is 1.47 bits per heavy atom. The maximum absolute atomic E-state index is 9.42. The van der Waals surface area contributed by atoms with E-state index in [0.29, 0.717) is 6.61 Å². The highest BCUT2D eigenvalue weighted by Gasteiger charge is 2.32. The van der Waals surface area contributed by atoms with Crippen LogP contribution in [0.15, 0.2) is 11.7 Å². The lowest BCUT2D eigenvalue weighted by Gasteiger charge is -2.26. The average Bonchev–Trinajstić information content (AvgIpc) is 2.89. The van der Waals surface area contributed by atoms with Gasteiger partial charge in [-0.15, -0.1) is 11.3 Å². The van der Waals surface area contributed by atoms with Crippen molar-refractivity contribution in [2.45, 2.75) is 32.2 Å². The summed E-state index contributed by atoms with van der Waals surface area (Å²) in [5.41, 5.74) is 2.01.